The summed E-state index contributed by atoms with van der Waals surface area (Å²) >= 11 is 0. The number of carbonyl (C=O) groups excluding carboxylic acids is 3. The van der Waals surface area contributed by atoms with Crippen LogP contribution in [0.25, 0.3) is 0 Å². The van der Waals surface area contributed by atoms with E-state index in [1.165, 1.54) is 5.56 Å². The Morgan fingerprint density at radius 1 is 1.03 bits per heavy atom. The van der Waals surface area contributed by atoms with Crippen LogP contribution in [0.2, 0.25) is 0 Å². The first-order chi connectivity index (χ1) is 15.4. The van der Waals surface area contributed by atoms with Gasteiger partial charge in [0.15, 0.2) is 6.10 Å². The zero-order valence-electron chi connectivity index (χ0n) is 18.9. The Morgan fingerprint density at radius 2 is 1.62 bits per heavy atom. The number of carbonyl (C=O) groups is 3. The van der Waals surface area contributed by atoms with E-state index < -0.39 is 12.3 Å². The van der Waals surface area contributed by atoms with Crippen LogP contribution in [-0.4, -0.2) is 70.6 Å². The maximum absolute atomic E-state index is 10.6. The van der Waals surface area contributed by atoms with Crippen LogP contribution in [0.15, 0.2) is 24.3 Å². The van der Waals surface area contributed by atoms with Crippen molar-refractivity contribution in [3.8, 4) is 5.75 Å². The number of methoxy groups -OCH3 is 1. The largest absolute Gasteiger partial charge is 0.508 e. The average Bonchev–Trinajstić information content (AvgIpc) is 3.42. The highest BCUT2D eigenvalue weighted by molar-refractivity contribution is 5.62. The summed E-state index contributed by atoms with van der Waals surface area (Å²) in [5.41, 5.74) is 1.18. The fourth-order valence-electron chi connectivity index (χ4n) is 2.34. The molecule has 10 nitrogen and oxygen atoms in total. The van der Waals surface area contributed by atoms with Gasteiger partial charge < -0.3 is 33.2 Å². The minimum absolute atomic E-state index is 0.00231. The number of rotatable bonds is 9. The fourth-order valence-corrected chi connectivity index (χ4v) is 2.34. The summed E-state index contributed by atoms with van der Waals surface area (Å²) in [7, 11) is 1.60. The zero-order valence-corrected chi connectivity index (χ0v) is 18.9. The maximum Gasteiger partial charge on any atom is 0.508 e. The first-order valence-electron chi connectivity index (χ1n) is 10.4. The van der Waals surface area contributed by atoms with Gasteiger partial charge >= 0.3 is 12.3 Å². The maximum atomic E-state index is 10.6. The lowest BCUT2D eigenvalue weighted by Crippen LogP contribution is -2.19. The predicted molar refractivity (Wildman–Crippen MR) is 113 cm³/mol. The van der Waals surface area contributed by atoms with Crippen molar-refractivity contribution in [3.63, 3.8) is 0 Å². The van der Waals surface area contributed by atoms with Gasteiger partial charge in [0.25, 0.3) is 6.47 Å². The Bertz CT molecular complexity index is 672. The average molecular weight is 456 g/mol. The van der Waals surface area contributed by atoms with E-state index >= 15 is 0 Å². The second-order valence-electron chi connectivity index (χ2n) is 6.83. The van der Waals surface area contributed by atoms with Crippen LogP contribution in [0, 0.1) is 6.92 Å². The van der Waals surface area contributed by atoms with Gasteiger partial charge in [-0.25, -0.2) is 9.59 Å². The fraction of sp³-hybridized carbons (Fsp3) is 0.591. The van der Waals surface area contributed by atoms with Crippen LogP contribution in [0.5, 0.6) is 5.75 Å². The van der Waals surface area contributed by atoms with Crippen molar-refractivity contribution in [3.05, 3.63) is 29.8 Å². The van der Waals surface area contributed by atoms with Gasteiger partial charge in [-0.2, -0.15) is 0 Å². The van der Waals surface area contributed by atoms with Gasteiger partial charge in [0, 0.05) is 7.11 Å². The molecule has 0 N–H and O–H groups in total. The van der Waals surface area contributed by atoms with Gasteiger partial charge in [0.1, 0.15) is 38.3 Å². The predicted octanol–water partition coefficient (Wildman–Crippen LogP) is 3.43. The van der Waals surface area contributed by atoms with Crippen LogP contribution in [0.3, 0.4) is 0 Å². The smallest absolute Gasteiger partial charge is 0.490 e. The standard InChI is InChI=1S/C11H12O4.C6H12O3.C5H8O3/c1-8-2-4-9(5-3-8)13-6-10-7-14-11(12)15-10;1-3-6(8-2)4-9-5-7;1-2-4-3-7-5(6)8-4/h2-5,10H,6-7H2,1H3;5-6H,3-4H2,1-2H3;4H,2-3H2,1H3. The van der Waals surface area contributed by atoms with Crippen molar-refractivity contribution >= 4 is 18.8 Å². The third-order valence-corrected chi connectivity index (χ3v) is 4.35. The molecule has 2 aliphatic heterocycles. The number of aryl methyl sites for hydroxylation is 1. The van der Waals surface area contributed by atoms with E-state index in [-0.39, 0.29) is 24.9 Å². The third kappa shape index (κ3) is 11.4. The molecule has 3 atom stereocenters. The van der Waals surface area contributed by atoms with Crippen LogP contribution in [-0.2, 0) is 33.2 Å². The summed E-state index contributed by atoms with van der Waals surface area (Å²) in [6, 6.07) is 7.69. The monoisotopic (exact) mass is 456 g/mol. The normalized spacial score (nSPS) is 19.5. The molecule has 0 amide bonds. The topological polar surface area (TPSA) is 116 Å². The van der Waals surface area contributed by atoms with Gasteiger partial charge in [-0.05, 0) is 31.9 Å². The highest BCUT2D eigenvalue weighted by Gasteiger charge is 2.25. The summed E-state index contributed by atoms with van der Waals surface area (Å²) in [5, 5.41) is 0. The molecule has 10 heteroatoms. The molecular formula is C22H32O10. The second-order valence-corrected chi connectivity index (χ2v) is 6.83. The van der Waals surface area contributed by atoms with Crippen LogP contribution >= 0.6 is 0 Å². The summed E-state index contributed by atoms with van der Waals surface area (Å²) < 4.78 is 33.4. The lowest BCUT2D eigenvalue weighted by atomic mass is 10.2. The van der Waals surface area contributed by atoms with Crippen molar-refractivity contribution in [2.24, 2.45) is 0 Å². The highest BCUT2D eigenvalue weighted by Crippen LogP contribution is 2.14. The van der Waals surface area contributed by atoms with E-state index in [0.29, 0.717) is 26.3 Å². The van der Waals surface area contributed by atoms with Crippen molar-refractivity contribution in [1.29, 1.82) is 0 Å². The summed E-state index contributed by atoms with van der Waals surface area (Å²) in [4.78, 5) is 30.4. The molecule has 2 aliphatic rings. The molecule has 1 aromatic carbocycles. The number of cyclic esters (lactones) is 4. The van der Waals surface area contributed by atoms with E-state index in [0.717, 1.165) is 18.6 Å². The van der Waals surface area contributed by atoms with Crippen molar-refractivity contribution in [1.82, 2.24) is 0 Å². The molecule has 0 aromatic heterocycles. The molecule has 0 spiro atoms. The highest BCUT2D eigenvalue weighted by atomic mass is 16.8. The molecule has 3 unspecified atom stereocenters. The van der Waals surface area contributed by atoms with Gasteiger partial charge in [-0.1, -0.05) is 31.5 Å². The van der Waals surface area contributed by atoms with Crippen LogP contribution in [0.1, 0.15) is 32.3 Å². The van der Waals surface area contributed by atoms with Crippen LogP contribution in [0.4, 0.5) is 9.59 Å². The number of hydrogen-bond donors (Lipinski definition) is 0. The van der Waals surface area contributed by atoms with Gasteiger partial charge in [-0.3, -0.25) is 4.79 Å². The van der Waals surface area contributed by atoms with Crippen molar-refractivity contribution < 1.29 is 47.5 Å². The molecule has 0 aliphatic carbocycles. The summed E-state index contributed by atoms with van der Waals surface area (Å²) in [5.74, 6) is 0.767. The summed E-state index contributed by atoms with van der Waals surface area (Å²) in [6.07, 6.45) is 0.316. The molecule has 1 aromatic rings. The van der Waals surface area contributed by atoms with E-state index in [2.05, 4.69) is 18.9 Å². The minimum atomic E-state index is -0.618. The molecule has 0 bridgehead atoms. The third-order valence-electron chi connectivity index (χ3n) is 4.35. The van der Waals surface area contributed by atoms with Crippen molar-refractivity contribution in [2.45, 2.75) is 51.9 Å². The Hall–Kier alpha value is -3.01. The van der Waals surface area contributed by atoms with E-state index in [4.69, 9.17) is 14.2 Å². The Kier molecular flexibility index (Phi) is 13.3. The molecular weight excluding hydrogens is 424 g/mol. The van der Waals surface area contributed by atoms with E-state index in [1.807, 2.05) is 45.0 Å². The first-order valence-corrected chi connectivity index (χ1v) is 10.4. The Labute approximate surface area is 188 Å². The van der Waals surface area contributed by atoms with E-state index in [9.17, 15) is 14.4 Å². The number of ether oxygens (including phenoxy) is 7. The molecule has 2 fully saturated rings. The van der Waals surface area contributed by atoms with Crippen molar-refractivity contribution in [2.75, 3.05) is 33.5 Å². The lowest BCUT2D eigenvalue weighted by molar-refractivity contribution is -0.132. The Balaban J connectivity index is 0.000000260. The Morgan fingerprint density at radius 3 is 2.03 bits per heavy atom. The second kappa shape index (κ2) is 15.7. The molecule has 2 saturated heterocycles. The van der Waals surface area contributed by atoms with Gasteiger partial charge in [0.2, 0.25) is 0 Å². The lowest BCUT2D eigenvalue weighted by Gasteiger charge is -2.09. The molecule has 3 rings (SSSR count). The molecule has 180 valence electrons. The quantitative estimate of drug-likeness (QED) is 0.311. The van der Waals surface area contributed by atoms with Gasteiger partial charge in [-0.15, -0.1) is 0 Å². The minimum Gasteiger partial charge on any atom is -0.490 e. The van der Waals surface area contributed by atoms with Crippen LogP contribution < -0.4 is 4.74 Å². The van der Waals surface area contributed by atoms with Gasteiger partial charge in [0.05, 0.1) is 6.10 Å². The molecule has 0 radical (unpaired) electrons. The SMILES string of the molecule is CCC(COC=O)OC.CCC1COC(=O)O1.Cc1ccc(OCC2COC(=O)O2)cc1. The molecule has 0 saturated carbocycles. The first kappa shape index (κ1) is 27.0. The molecule has 32 heavy (non-hydrogen) atoms. The number of benzene rings is 1. The number of hydrogen-bond acceptors (Lipinski definition) is 10. The zero-order chi connectivity index (χ0) is 23.8. The van der Waals surface area contributed by atoms with E-state index in [1.54, 1.807) is 7.11 Å². The molecule has 2 heterocycles. The summed E-state index contributed by atoms with van der Waals surface area (Å²) in [6.45, 7) is 7.75.